The molecule has 2 saturated heterocycles. The first-order valence-corrected chi connectivity index (χ1v) is 9.61. The summed E-state index contributed by atoms with van der Waals surface area (Å²) in [4.78, 5) is 40.1. The minimum absolute atomic E-state index is 0.0567. The molecule has 2 aromatic carbocycles. The van der Waals surface area contributed by atoms with E-state index < -0.39 is 4.92 Å². The summed E-state index contributed by atoms with van der Waals surface area (Å²) in [5.41, 5.74) is 2.24. The van der Waals surface area contributed by atoms with Crippen molar-refractivity contribution in [2.24, 2.45) is 0 Å². The molecule has 0 bridgehead atoms. The lowest BCUT2D eigenvalue weighted by Gasteiger charge is -2.36. The molecule has 2 heterocycles. The van der Waals surface area contributed by atoms with Crippen LogP contribution in [0.2, 0.25) is 0 Å². The van der Waals surface area contributed by atoms with Crippen LogP contribution in [0.5, 0.6) is 0 Å². The monoisotopic (exact) mass is 411 g/mol. The number of piperazine rings is 1. The lowest BCUT2D eigenvalue weighted by atomic mass is 10.2. The first-order valence-electron chi connectivity index (χ1n) is 9.61. The second-order valence-electron chi connectivity index (χ2n) is 6.99. The number of urea groups is 1. The van der Waals surface area contributed by atoms with Crippen molar-refractivity contribution in [1.29, 1.82) is 0 Å². The minimum atomic E-state index is -0.423. The van der Waals surface area contributed by atoms with Crippen molar-refractivity contribution in [3.8, 4) is 0 Å². The molecule has 0 spiro atoms. The fraction of sp³-hybridized carbons (Fsp3) is 0.300. The zero-order valence-electron chi connectivity index (χ0n) is 16.2. The summed E-state index contributed by atoms with van der Waals surface area (Å²) in [6, 6.07) is 13.3. The van der Waals surface area contributed by atoms with Crippen LogP contribution in [0.1, 0.15) is 0 Å². The van der Waals surface area contributed by atoms with Crippen molar-refractivity contribution < 1.29 is 19.2 Å². The number of cyclic esters (lactones) is 1. The van der Waals surface area contributed by atoms with Crippen LogP contribution in [0.3, 0.4) is 0 Å². The van der Waals surface area contributed by atoms with Crippen molar-refractivity contribution in [2.75, 3.05) is 54.4 Å². The lowest BCUT2D eigenvalue weighted by Crippen LogP contribution is -2.50. The van der Waals surface area contributed by atoms with E-state index in [0.29, 0.717) is 50.7 Å². The third-order valence-electron chi connectivity index (χ3n) is 5.16. The first-order chi connectivity index (χ1) is 14.5. The number of nitro groups is 1. The van der Waals surface area contributed by atoms with Gasteiger partial charge in [0.2, 0.25) is 0 Å². The standard InChI is InChI=1S/C20H21N5O5/c26-19(21-15-2-1-3-18(14-15)24-12-13-30-20(24)27)23-10-8-22(9-11-23)16-4-6-17(7-5-16)25(28)29/h1-7,14H,8-13H2,(H,21,26). The minimum Gasteiger partial charge on any atom is -0.447 e. The molecule has 10 heteroatoms. The number of amides is 3. The zero-order chi connectivity index (χ0) is 21.1. The molecule has 10 nitrogen and oxygen atoms in total. The third-order valence-corrected chi connectivity index (χ3v) is 5.16. The van der Waals surface area contributed by atoms with Gasteiger partial charge in [0.25, 0.3) is 5.69 Å². The van der Waals surface area contributed by atoms with Gasteiger partial charge < -0.3 is 19.9 Å². The van der Waals surface area contributed by atoms with Crippen LogP contribution in [0.4, 0.5) is 32.3 Å². The fourth-order valence-electron chi connectivity index (χ4n) is 3.53. The van der Waals surface area contributed by atoms with Crippen LogP contribution >= 0.6 is 0 Å². The SMILES string of the molecule is O=C(Nc1cccc(N2CCOC2=O)c1)N1CCN(c2ccc([N+](=O)[O-])cc2)CC1. The van der Waals surface area contributed by atoms with E-state index in [1.807, 2.05) is 0 Å². The van der Waals surface area contributed by atoms with Crippen LogP contribution in [0, 0.1) is 10.1 Å². The number of hydrogen-bond donors (Lipinski definition) is 1. The highest BCUT2D eigenvalue weighted by Crippen LogP contribution is 2.24. The van der Waals surface area contributed by atoms with Gasteiger partial charge in [0, 0.05) is 55.4 Å². The summed E-state index contributed by atoms with van der Waals surface area (Å²) in [5, 5.41) is 13.7. The summed E-state index contributed by atoms with van der Waals surface area (Å²) in [6.07, 6.45) is -0.388. The second kappa shape index (κ2) is 8.27. The molecule has 0 radical (unpaired) electrons. The largest absolute Gasteiger partial charge is 0.447 e. The zero-order valence-corrected chi connectivity index (χ0v) is 16.2. The Morgan fingerprint density at radius 1 is 1.00 bits per heavy atom. The van der Waals surface area contributed by atoms with E-state index in [4.69, 9.17) is 4.74 Å². The maximum atomic E-state index is 12.6. The van der Waals surface area contributed by atoms with E-state index in [2.05, 4.69) is 10.2 Å². The molecule has 0 aliphatic carbocycles. The van der Waals surface area contributed by atoms with E-state index in [0.717, 1.165) is 5.69 Å². The molecule has 0 atom stereocenters. The maximum absolute atomic E-state index is 12.6. The Morgan fingerprint density at radius 3 is 2.37 bits per heavy atom. The highest BCUT2D eigenvalue weighted by Gasteiger charge is 2.25. The fourth-order valence-corrected chi connectivity index (χ4v) is 3.53. The Hall–Kier alpha value is -3.82. The van der Waals surface area contributed by atoms with Crippen LogP contribution in [0.25, 0.3) is 0 Å². The Morgan fingerprint density at radius 2 is 1.73 bits per heavy atom. The van der Waals surface area contributed by atoms with Gasteiger partial charge in [-0.25, -0.2) is 9.59 Å². The van der Waals surface area contributed by atoms with Crippen LogP contribution < -0.4 is 15.1 Å². The Balaban J connectivity index is 1.33. The molecular formula is C20H21N5O5. The predicted octanol–water partition coefficient (Wildman–Crippen LogP) is 2.91. The number of nitro benzene ring substituents is 1. The topological polar surface area (TPSA) is 108 Å². The Bertz CT molecular complexity index is 956. The molecule has 2 aromatic rings. The highest BCUT2D eigenvalue weighted by molar-refractivity contribution is 5.93. The third kappa shape index (κ3) is 4.12. The smallest absolute Gasteiger partial charge is 0.414 e. The first kappa shape index (κ1) is 19.5. The number of rotatable bonds is 4. The molecule has 3 amide bonds. The summed E-state index contributed by atoms with van der Waals surface area (Å²) in [6.45, 7) is 3.16. The van der Waals surface area contributed by atoms with E-state index in [1.165, 1.54) is 17.0 Å². The average molecular weight is 411 g/mol. The number of non-ortho nitro benzene ring substituents is 1. The van der Waals surface area contributed by atoms with Crippen molar-refractivity contribution >= 4 is 34.9 Å². The Kier molecular flexibility index (Phi) is 5.38. The van der Waals surface area contributed by atoms with Crippen LogP contribution in [-0.2, 0) is 4.74 Å². The van der Waals surface area contributed by atoms with Crippen molar-refractivity contribution in [3.05, 3.63) is 58.6 Å². The summed E-state index contributed by atoms with van der Waals surface area (Å²) in [5.74, 6) is 0. The van der Waals surface area contributed by atoms with E-state index in [1.54, 1.807) is 41.3 Å². The summed E-state index contributed by atoms with van der Waals surface area (Å²) < 4.78 is 4.95. The van der Waals surface area contributed by atoms with Gasteiger partial charge in [0.05, 0.1) is 11.5 Å². The molecule has 2 aliphatic heterocycles. The molecule has 156 valence electrons. The number of carbonyl (C=O) groups excluding carboxylic acids is 2. The predicted molar refractivity (Wildman–Crippen MR) is 111 cm³/mol. The molecule has 2 aliphatic rings. The van der Waals surface area contributed by atoms with Crippen molar-refractivity contribution in [3.63, 3.8) is 0 Å². The average Bonchev–Trinajstić information content (AvgIpc) is 3.20. The number of nitrogens with one attached hydrogen (secondary N) is 1. The van der Waals surface area contributed by atoms with E-state index in [-0.39, 0.29) is 17.8 Å². The van der Waals surface area contributed by atoms with E-state index >= 15 is 0 Å². The Labute approximate surface area is 172 Å². The van der Waals surface area contributed by atoms with Crippen LogP contribution in [-0.4, -0.2) is 61.3 Å². The number of hydrogen-bond acceptors (Lipinski definition) is 6. The number of nitrogens with zero attached hydrogens (tertiary/aromatic N) is 4. The van der Waals surface area contributed by atoms with E-state index in [9.17, 15) is 19.7 Å². The molecule has 4 rings (SSSR count). The summed E-state index contributed by atoms with van der Waals surface area (Å²) >= 11 is 0. The highest BCUT2D eigenvalue weighted by atomic mass is 16.6. The molecule has 0 saturated carbocycles. The summed E-state index contributed by atoms with van der Waals surface area (Å²) in [7, 11) is 0. The number of anilines is 3. The lowest BCUT2D eigenvalue weighted by molar-refractivity contribution is -0.384. The molecular weight excluding hydrogens is 390 g/mol. The van der Waals surface area contributed by atoms with Gasteiger partial charge in [0.1, 0.15) is 6.61 Å². The van der Waals surface area contributed by atoms with Crippen LogP contribution in [0.15, 0.2) is 48.5 Å². The number of carbonyl (C=O) groups is 2. The second-order valence-corrected chi connectivity index (χ2v) is 6.99. The van der Waals surface area contributed by atoms with Gasteiger partial charge in [0.15, 0.2) is 0 Å². The number of benzene rings is 2. The van der Waals surface area contributed by atoms with Crippen molar-refractivity contribution in [2.45, 2.75) is 0 Å². The van der Waals surface area contributed by atoms with Gasteiger partial charge in [-0.05, 0) is 30.3 Å². The van der Waals surface area contributed by atoms with Gasteiger partial charge in [-0.3, -0.25) is 15.0 Å². The normalized spacial score (nSPS) is 16.4. The van der Waals surface area contributed by atoms with Crippen molar-refractivity contribution in [1.82, 2.24) is 4.90 Å². The van der Waals surface area contributed by atoms with Gasteiger partial charge in [-0.1, -0.05) is 6.07 Å². The maximum Gasteiger partial charge on any atom is 0.414 e. The molecule has 2 fully saturated rings. The molecule has 0 aromatic heterocycles. The van der Waals surface area contributed by atoms with Gasteiger partial charge >= 0.3 is 12.1 Å². The molecule has 30 heavy (non-hydrogen) atoms. The molecule has 1 N–H and O–H groups in total. The number of ether oxygens (including phenoxy) is 1. The molecule has 0 unspecified atom stereocenters. The quantitative estimate of drug-likeness (QED) is 0.612. The van der Waals surface area contributed by atoms with Gasteiger partial charge in [-0.15, -0.1) is 0 Å². The van der Waals surface area contributed by atoms with Gasteiger partial charge in [-0.2, -0.15) is 0 Å².